The van der Waals surface area contributed by atoms with Crippen molar-refractivity contribution in [3.8, 4) is 0 Å². The highest BCUT2D eigenvalue weighted by Gasteiger charge is 2.17. The van der Waals surface area contributed by atoms with Gasteiger partial charge in [-0.05, 0) is 38.5 Å². The highest BCUT2D eigenvalue weighted by atomic mass is 14.2. The van der Waals surface area contributed by atoms with Gasteiger partial charge in [-0.1, -0.05) is 31.4 Å². The second kappa shape index (κ2) is 3.94. The van der Waals surface area contributed by atoms with Gasteiger partial charge in [-0.25, -0.2) is 0 Å². The summed E-state index contributed by atoms with van der Waals surface area (Å²) in [7, 11) is 0. The molecule has 0 bridgehead atoms. The zero-order valence-electron chi connectivity index (χ0n) is 8.11. The summed E-state index contributed by atoms with van der Waals surface area (Å²) in [6.45, 7) is 6.96. The molecule has 1 aliphatic rings. The van der Waals surface area contributed by atoms with E-state index in [4.69, 9.17) is 0 Å². The van der Waals surface area contributed by atoms with E-state index in [-0.39, 0.29) is 0 Å². The van der Waals surface area contributed by atoms with Gasteiger partial charge >= 0.3 is 0 Å². The Balaban J connectivity index is 2.46. The molecule has 0 aromatic carbocycles. The molecule has 0 radical (unpaired) electrons. The van der Waals surface area contributed by atoms with Gasteiger partial charge in [0.2, 0.25) is 0 Å². The summed E-state index contributed by atoms with van der Waals surface area (Å²) in [6.07, 6.45) is 6.86. The van der Waals surface area contributed by atoms with E-state index in [2.05, 4.69) is 20.8 Å². The topological polar surface area (TPSA) is 0 Å². The first-order valence-corrected chi connectivity index (χ1v) is 4.94. The van der Waals surface area contributed by atoms with Crippen LogP contribution in [0.15, 0.2) is 11.1 Å². The van der Waals surface area contributed by atoms with Gasteiger partial charge in [0.05, 0.1) is 0 Å². The Labute approximate surface area is 70.7 Å². The quantitative estimate of drug-likeness (QED) is 0.538. The Morgan fingerprint density at radius 2 is 2.18 bits per heavy atom. The summed E-state index contributed by atoms with van der Waals surface area (Å²) in [5.74, 6) is 0.890. The normalized spacial score (nSPS) is 24.8. The van der Waals surface area contributed by atoms with Crippen molar-refractivity contribution in [1.29, 1.82) is 0 Å². The van der Waals surface area contributed by atoms with E-state index < -0.39 is 0 Å². The van der Waals surface area contributed by atoms with E-state index in [0.29, 0.717) is 0 Å². The lowest BCUT2D eigenvalue weighted by Gasteiger charge is -2.08. The minimum absolute atomic E-state index is 0.890. The van der Waals surface area contributed by atoms with Crippen molar-refractivity contribution >= 4 is 0 Å². The summed E-state index contributed by atoms with van der Waals surface area (Å²) >= 11 is 0. The molecule has 0 aromatic rings. The second-order valence-corrected chi connectivity index (χ2v) is 3.85. The zero-order chi connectivity index (χ0) is 8.27. The van der Waals surface area contributed by atoms with Gasteiger partial charge in [-0.3, -0.25) is 0 Å². The second-order valence-electron chi connectivity index (χ2n) is 3.85. The van der Waals surface area contributed by atoms with Crippen LogP contribution >= 0.6 is 0 Å². The maximum absolute atomic E-state index is 2.38. The number of allylic oxidation sites excluding steroid dienone is 2. The van der Waals surface area contributed by atoms with Gasteiger partial charge in [0, 0.05) is 0 Å². The lowest BCUT2D eigenvalue weighted by atomic mass is 9.98. The number of rotatable bonds is 3. The van der Waals surface area contributed by atoms with Crippen LogP contribution in [0.1, 0.15) is 52.9 Å². The molecule has 0 heteroatoms. The van der Waals surface area contributed by atoms with Crippen LogP contribution in [0, 0.1) is 5.92 Å². The molecular formula is C11H20. The summed E-state index contributed by atoms with van der Waals surface area (Å²) in [6, 6.07) is 0. The van der Waals surface area contributed by atoms with Crippen LogP contribution in [-0.4, -0.2) is 0 Å². The molecule has 0 spiro atoms. The van der Waals surface area contributed by atoms with Crippen molar-refractivity contribution < 1.29 is 0 Å². The molecule has 1 unspecified atom stereocenters. The largest absolute Gasteiger partial charge is 0.0738 e. The first-order valence-electron chi connectivity index (χ1n) is 4.94. The maximum Gasteiger partial charge on any atom is -0.0226 e. The highest BCUT2D eigenvalue weighted by Crippen LogP contribution is 2.34. The van der Waals surface area contributed by atoms with Crippen molar-refractivity contribution in [3.63, 3.8) is 0 Å². The maximum atomic E-state index is 2.38. The number of hydrogen-bond acceptors (Lipinski definition) is 0. The summed E-state index contributed by atoms with van der Waals surface area (Å²) in [5.41, 5.74) is 3.46. The summed E-state index contributed by atoms with van der Waals surface area (Å²) < 4.78 is 0. The van der Waals surface area contributed by atoms with E-state index in [0.717, 1.165) is 5.92 Å². The van der Waals surface area contributed by atoms with Crippen LogP contribution < -0.4 is 0 Å². The molecule has 64 valence electrons. The number of hydrogen-bond donors (Lipinski definition) is 0. The van der Waals surface area contributed by atoms with Crippen LogP contribution in [0.3, 0.4) is 0 Å². The van der Waals surface area contributed by atoms with Gasteiger partial charge in [0.25, 0.3) is 0 Å². The Bertz CT molecular complexity index is 153. The Morgan fingerprint density at radius 3 is 2.64 bits per heavy atom. The molecule has 0 saturated heterocycles. The van der Waals surface area contributed by atoms with Gasteiger partial charge < -0.3 is 0 Å². The first kappa shape index (κ1) is 8.83. The Kier molecular flexibility index (Phi) is 3.16. The molecule has 1 aliphatic carbocycles. The van der Waals surface area contributed by atoms with Crippen molar-refractivity contribution in [2.75, 3.05) is 0 Å². The average molecular weight is 152 g/mol. The summed E-state index contributed by atoms with van der Waals surface area (Å²) in [5, 5.41) is 0. The molecule has 1 rings (SSSR count). The fourth-order valence-electron chi connectivity index (χ4n) is 2.02. The van der Waals surface area contributed by atoms with Crippen LogP contribution in [0.25, 0.3) is 0 Å². The standard InChI is InChI=1S/C11H20/c1-4-5-6-11-9(2)7-8-10(11)3/h9H,4-8H2,1-3H3. The zero-order valence-corrected chi connectivity index (χ0v) is 8.11. The van der Waals surface area contributed by atoms with E-state index >= 15 is 0 Å². The molecule has 11 heavy (non-hydrogen) atoms. The van der Waals surface area contributed by atoms with Crippen LogP contribution in [0.5, 0.6) is 0 Å². The highest BCUT2D eigenvalue weighted by molar-refractivity contribution is 5.20. The third-order valence-electron chi connectivity index (χ3n) is 2.90. The molecular weight excluding hydrogens is 132 g/mol. The monoisotopic (exact) mass is 152 g/mol. The predicted molar refractivity (Wildman–Crippen MR) is 50.6 cm³/mol. The van der Waals surface area contributed by atoms with Gasteiger partial charge in [-0.15, -0.1) is 0 Å². The Hall–Kier alpha value is -0.260. The minimum Gasteiger partial charge on any atom is -0.0738 e. The fraction of sp³-hybridized carbons (Fsp3) is 0.818. The van der Waals surface area contributed by atoms with Crippen LogP contribution in [-0.2, 0) is 0 Å². The van der Waals surface area contributed by atoms with E-state index in [1.54, 1.807) is 11.1 Å². The molecule has 0 aliphatic heterocycles. The third kappa shape index (κ3) is 2.08. The molecule has 0 saturated carbocycles. The predicted octanol–water partition coefficient (Wildman–Crippen LogP) is 3.92. The lowest BCUT2D eigenvalue weighted by molar-refractivity contribution is 0.626. The van der Waals surface area contributed by atoms with E-state index in [1.807, 2.05) is 0 Å². The van der Waals surface area contributed by atoms with Crippen molar-refractivity contribution in [1.82, 2.24) is 0 Å². The first-order chi connectivity index (χ1) is 5.25. The molecule has 0 aromatic heterocycles. The van der Waals surface area contributed by atoms with E-state index in [9.17, 15) is 0 Å². The Morgan fingerprint density at radius 1 is 1.45 bits per heavy atom. The fourth-order valence-corrected chi connectivity index (χ4v) is 2.02. The smallest absolute Gasteiger partial charge is 0.0226 e. The molecule has 0 nitrogen and oxygen atoms in total. The lowest BCUT2D eigenvalue weighted by Crippen LogP contribution is -1.93. The molecule has 0 fully saturated rings. The molecule has 0 amide bonds. The van der Waals surface area contributed by atoms with Crippen LogP contribution in [0.4, 0.5) is 0 Å². The van der Waals surface area contributed by atoms with Crippen LogP contribution in [0.2, 0.25) is 0 Å². The number of unbranched alkanes of at least 4 members (excludes halogenated alkanes) is 1. The van der Waals surface area contributed by atoms with E-state index in [1.165, 1.54) is 32.1 Å². The van der Waals surface area contributed by atoms with Gasteiger partial charge in [-0.2, -0.15) is 0 Å². The third-order valence-corrected chi connectivity index (χ3v) is 2.90. The molecule has 0 heterocycles. The van der Waals surface area contributed by atoms with Crippen molar-refractivity contribution in [2.45, 2.75) is 52.9 Å². The summed E-state index contributed by atoms with van der Waals surface area (Å²) in [4.78, 5) is 0. The van der Waals surface area contributed by atoms with Crippen molar-refractivity contribution in [2.24, 2.45) is 5.92 Å². The average Bonchev–Trinajstić information content (AvgIpc) is 2.29. The molecule has 1 atom stereocenters. The van der Waals surface area contributed by atoms with Gasteiger partial charge in [0.1, 0.15) is 0 Å². The van der Waals surface area contributed by atoms with Crippen molar-refractivity contribution in [3.05, 3.63) is 11.1 Å². The minimum atomic E-state index is 0.890. The van der Waals surface area contributed by atoms with Gasteiger partial charge in [0.15, 0.2) is 0 Å². The SMILES string of the molecule is CCCCC1=C(C)CCC1C. The molecule has 0 N–H and O–H groups in total.